The van der Waals surface area contributed by atoms with E-state index in [4.69, 9.17) is 0 Å². The third kappa shape index (κ3) is 2.53. The molecule has 1 saturated heterocycles. The molecular formula is C15H21NO. The molecule has 2 fully saturated rings. The average Bonchev–Trinajstić information content (AvgIpc) is 3.14. The lowest BCUT2D eigenvalue weighted by atomic mass is 9.88. The van der Waals surface area contributed by atoms with Crippen LogP contribution in [0.1, 0.15) is 31.2 Å². The highest BCUT2D eigenvalue weighted by Crippen LogP contribution is 2.44. The number of hydrogen-bond donors (Lipinski definition) is 1. The standard InChI is InChI=1S/C15H21NO/c17-15(14-7-8-14)9-4-10-16(12-15)11-13-5-2-1-3-6-13/h1-3,5-6,14,17H,4,7-12H2. The van der Waals surface area contributed by atoms with Crippen molar-refractivity contribution >= 4 is 0 Å². The Hall–Kier alpha value is -0.860. The fourth-order valence-electron chi connectivity index (χ4n) is 3.08. The molecule has 1 aliphatic heterocycles. The van der Waals surface area contributed by atoms with E-state index >= 15 is 0 Å². The molecule has 17 heavy (non-hydrogen) atoms. The van der Waals surface area contributed by atoms with Gasteiger partial charge in [-0.15, -0.1) is 0 Å². The zero-order valence-corrected chi connectivity index (χ0v) is 10.3. The Kier molecular flexibility index (Phi) is 2.93. The molecule has 3 rings (SSSR count). The maximum Gasteiger partial charge on any atom is 0.0802 e. The summed E-state index contributed by atoms with van der Waals surface area (Å²) in [6, 6.07) is 10.6. The van der Waals surface area contributed by atoms with Gasteiger partial charge in [0.15, 0.2) is 0 Å². The summed E-state index contributed by atoms with van der Waals surface area (Å²) in [7, 11) is 0. The highest BCUT2D eigenvalue weighted by atomic mass is 16.3. The van der Waals surface area contributed by atoms with Gasteiger partial charge in [0.05, 0.1) is 5.60 Å². The molecule has 92 valence electrons. The Morgan fingerprint density at radius 1 is 1.24 bits per heavy atom. The van der Waals surface area contributed by atoms with Crippen molar-refractivity contribution in [2.75, 3.05) is 13.1 Å². The molecule has 2 nitrogen and oxygen atoms in total. The second kappa shape index (κ2) is 4.43. The minimum atomic E-state index is -0.382. The van der Waals surface area contributed by atoms with Gasteiger partial charge in [0.2, 0.25) is 0 Å². The van der Waals surface area contributed by atoms with Crippen LogP contribution in [0.4, 0.5) is 0 Å². The first-order chi connectivity index (χ1) is 8.26. The number of hydrogen-bond acceptors (Lipinski definition) is 2. The van der Waals surface area contributed by atoms with Crippen LogP contribution in [0.3, 0.4) is 0 Å². The Morgan fingerprint density at radius 3 is 2.71 bits per heavy atom. The van der Waals surface area contributed by atoms with Gasteiger partial charge >= 0.3 is 0 Å². The molecular weight excluding hydrogens is 210 g/mol. The Balaban J connectivity index is 1.64. The summed E-state index contributed by atoms with van der Waals surface area (Å²) in [4.78, 5) is 2.41. The fourth-order valence-corrected chi connectivity index (χ4v) is 3.08. The van der Waals surface area contributed by atoms with E-state index in [1.807, 2.05) is 0 Å². The van der Waals surface area contributed by atoms with E-state index in [2.05, 4.69) is 35.2 Å². The topological polar surface area (TPSA) is 23.5 Å². The van der Waals surface area contributed by atoms with Crippen LogP contribution in [-0.2, 0) is 6.54 Å². The summed E-state index contributed by atoms with van der Waals surface area (Å²) in [6.07, 6.45) is 4.61. The monoisotopic (exact) mass is 231 g/mol. The smallest absolute Gasteiger partial charge is 0.0802 e. The molecule has 1 aromatic carbocycles. The largest absolute Gasteiger partial charge is 0.388 e. The van der Waals surface area contributed by atoms with Crippen LogP contribution in [0.15, 0.2) is 30.3 Å². The van der Waals surface area contributed by atoms with Crippen molar-refractivity contribution in [3.63, 3.8) is 0 Å². The number of nitrogens with zero attached hydrogens (tertiary/aromatic N) is 1. The highest BCUT2D eigenvalue weighted by molar-refractivity contribution is 5.15. The van der Waals surface area contributed by atoms with Crippen LogP contribution in [0, 0.1) is 5.92 Å². The van der Waals surface area contributed by atoms with Crippen molar-refractivity contribution in [3.05, 3.63) is 35.9 Å². The molecule has 1 saturated carbocycles. The Morgan fingerprint density at radius 2 is 2.00 bits per heavy atom. The minimum Gasteiger partial charge on any atom is -0.388 e. The number of aliphatic hydroxyl groups is 1. The molecule has 0 aromatic heterocycles. The number of benzene rings is 1. The summed E-state index contributed by atoms with van der Waals surface area (Å²) in [5, 5.41) is 10.6. The molecule has 1 atom stereocenters. The van der Waals surface area contributed by atoms with Gasteiger partial charge in [-0.05, 0) is 43.7 Å². The second-order valence-corrected chi connectivity index (χ2v) is 5.68. The quantitative estimate of drug-likeness (QED) is 0.863. The minimum absolute atomic E-state index is 0.382. The summed E-state index contributed by atoms with van der Waals surface area (Å²) in [5.41, 5.74) is 0.972. The summed E-state index contributed by atoms with van der Waals surface area (Å²) >= 11 is 0. The Bertz CT molecular complexity index is 374. The van der Waals surface area contributed by atoms with Gasteiger partial charge in [0.25, 0.3) is 0 Å². The lowest BCUT2D eigenvalue weighted by molar-refractivity contribution is -0.0501. The maximum absolute atomic E-state index is 10.6. The van der Waals surface area contributed by atoms with Gasteiger partial charge in [-0.1, -0.05) is 30.3 Å². The normalized spacial score (nSPS) is 30.4. The number of piperidine rings is 1. The van der Waals surface area contributed by atoms with E-state index in [-0.39, 0.29) is 5.60 Å². The zero-order chi connectivity index (χ0) is 11.7. The van der Waals surface area contributed by atoms with E-state index in [0.29, 0.717) is 5.92 Å². The summed E-state index contributed by atoms with van der Waals surface area (Å²) in [6.45, 7) is 2.98. The van der Waals surface area contributed by atoms with Crippen molar-refractivity contribution in [3.8, 4) is 0 Å². The first-order valence-electron chi connectivity index (χ1n) is 6.75. The predicted molar refractivity (Wildman–Crippen MR) is 68.6 cm³/mol. The first-order valence-corrected chi connectivity index (χ1v) is 6.75. The summed E-state index contributed by atoms with van der Waals surface area (Å²) < 4.78 is 0. The molecule has 0 amide bonds. The van der Waals surface area contributed by atoms with Crippen molar-refractivity contribution in [1.82, 2.24) is 4.90 Å². The van der Waals surface area contributed by atoms with E-state index in [1.54, 1.807) is 0 Å². The van der Waals surface area contributed by atoms with Crippen LogP contribution in [0.2, 0.25) is 0 Å². The lowest BCUT2D eigenvalue weighted by Gasteiger charge is -2.39. The van der Waals surface area contributed by atoms with E-state index < -0.39 is 0 Å². The van der Waals surface area contributed by atoms with E-state index in [1.165, 1.54) is 18.4 Å². The van der Waals surface area contributed by atoms with Crippen molar-refractivity contribution in [2.45, 2.75) is 37.8 Å². The van der Waals surface area contributed by atoms with Crippen molar-refractivity contribution in [1.29, 1.82) is 0 Å². The molecule has 0 bridgehead atoms. The van der Waals surface area contributed by atoms with Crippen LogP contribution in [0.25, 0.3) is 0 Å². The third-order valence-electron chi connectivity index (χ3n) is 4.17. The summed E-state index contributed by atoms with van der Waals surface area (Å²) in [5.74, 6) is 0.584. The maximum atomic E-state index is 10.6. The number of β-amino-alcohol motifs (C(OH)–C–C–N with tert-alkyl or cyclic N) is 1. The van der Waals surface area contributed by atoms with Crippen LogP contribution >= 0.6 is 0 Å². The van der Waals surface area contributed by atoms with Gasteiger partial charge in [-0.25, -0.2) is 0 Å². The van der Waals surface area contributed by atoms with Crippen LogP contribution < -0.4 is 0 Å². The van der Waals surface area contributed by atoms with Crippen LogP contribution in [-0.4, -0.2) is 28.7 Å². The van der Waals surface area contributed by atoms with E-state index in [9.17, 15) is 5.11 Å². The highest BCUT2D eigenvalue weighted by Gasteiger charge is 2.45. The first kappa shape index (κ1) is 11.2. The van der Waals surface area contributed by atoms with E-state index in [0.717, 1.165) is 32.5 Å². The fraction of sp³-hybridized carbons (Fsp3) is 0.600. The van der Waals surface area contributed by atoms with Gasteiger partial charge in [0, 0.05) is 13.1 Å². The molecule has 1 aromatic rings. The number of rotatable bonds is 3. The average molecular weight is 231 g/mol. The molecule has 0 spiro atoms. The Labute approximate surface area is 103 Å². The van der Waals surface area contributed by atoms with Gasteiger partial charge in [-0.2, -0.15) is 0 Å². The molecule has 2 aliphatic rings. The molecule has 1 unspecified atom stereocenters. The van der Waals surface area contributed by atoms with Crippen molar-refractivity contribution in [2.24, 2.45) is 5.92 Å². The molecule has 1 heterocycles. The molecule has 0 radical (unpaired) electrons. The predicted octanol–water partition coefficient (Wildman–Crippen LogP) is 2.42. The van der Waals surface area contributed by atoms with Gasteiger partial charge in [0.1, 0.15) is 0 Å². The van der Waals surface area contributed by atoms with Crippen LogP contribution in [0.5, 0.6) is 0 Å². The molecule has 2 heteroatoms. The van der Waals surface area contributed by atoms with Crippen molar-refractivity contribution < 1.29 is 5.11 Å². The number of likely N-dealkylation sites (tertiary alicyclic amines) is 1. The van der Waals surface area contributed by atoms with Gasteiger partial charge < -0.3 is 5.11 Å². The SMILES string of the molecule is OC1(C2CC2)CCCN(Cc2ccccc2)C1. The zero-order valence-electron chi connectivity index (χ0n) is 10.3. The second-order valence-electron chi connectivity index (χ2n) is 5.68. The van der Waals surface area contributed by atoms with Gasteiger partial charge in [-0.3, -0.25) is 4.90 Å². The molecule has 1 N–H and O–H groups in total. The molecule has 1 aliphatic carbocycles. The third-order valence-corrected chi connectivity index (χ3v) is 4.17. The lowest BCUT2D eigenvalue weighted by Crippen LogP contribution is -2.49.